The summed E-state index contributed by atoms with van der Waals surface area (Å²) in [4.78, 5) is 24.2. The molecule has 144 valence electrons. The maximum atomic E-state index is 15.1. The maximum absolute atomic E-state index is 15.1. The second-order valence-electron chi connectivity index (χ2n) is 9.50. The van der Waals surface area contributed by atoms with Crippen molar-refractivity contribution in [2.24, 2.45) is 28.6 Å². The fourth-order valence-corrected chi connectivity index (χ4v) is 7.16. The molecule has 0 spiro atoms. The predicted octanol–water partition coefficient (Wildman–Crippen LogP) is 2.76. The SMILES string of the molecule is C[C@]12CCC(=O)C=C1[C@@H](F)C[C@@H]1[C@@H]2CC[C@@]2(C)[C@H]1CC[C@]2(O)C(=O)CO. The smallest absolute Gasteiger partial charge is 0.190 e. The predicted molar refractivity (Wildman–Crippen MR) is 94.0 cm³/mol. The van der Waals surface area contributed by atoms with Crippen molar-refractivity contribution in [2.75, 3.05) is 6.61 Å². The Morgan fingerprint density at radius 3 is 2.62 bits per heavy atom. The lowest BCUT2D eigenvalue weighted by atomic mass is 9.46. The summed E-state index contributed by atoms with van der Waals surface area (Å²) >= 11 is 0. The maximum Gasteiger partial charge on any atom is 0.190 e. The lowest BCUT2D eigenvalue weighted by Gasteiger charge is -2.59. The number of hydrogen-bond acceptors (Lipinski definition) is 4. The van der Waals surface area contributed by atoms with Crippen LogP contribution in [0.2, 0.25) is 0 Å². The molecular weight excluding hydrogens is 335 g/mol. The van der Waals surface area contributed by atoms with Crippen LogP contribution in [0.1, 0.15) is 58.8 Å². The molecule has 3 saturated carbocycles. The van der Waals surface area contributed by atoms with Crippen molar-refractivity contribution in [3.05, 3.63) is 11.6 Å². The Hall–Kier alpha value is -1.07. The van der Waals surface area contributed by atoms with Gasteiger partial charge in [-0.1, -0.05) is 13.8 Å². The number of alkyl halides is 1. The van der Waals surface area contributed by atoms with Crippen LogP contribution in [0, 0.1) is 28.6 Å². The van der Waals surface area contributed by atoms with Crippen LogP contribution in [0.5, 0.6) is 0 Å². The van der Waals surface area contributed by atoms with Gasteiger partial charge in [0.15, 0.2) is 11.6 Å². The van der Waals surface area contributed by atoms with Crippen molar-refractivity contribution >= 4 is 11.6 Å². The topological polar surface area (TPSA) is 74.6 Å². The molecule has 4 nitrogen and oxygen atoms in total. The van der Waals surface area contributed by atoms with E-state index in [1.807, 2.05) is 6.92 Å². The summed E-state index contributed by atoms with van der Waals surface area (Å²) in [6, 6.07) is 0. The summed E-state index contributed by atoms with van der Waals surface area (Å²) in [5.41, 5.74) is -1.71. The molecule has 4 aliphatic rings. The number of allylic oxidation sites excluding steroid dienone is 1. The van der Waals surface area contributed by atoms with Crippen LogP contribution in [0.4, 0.5) is 4.39 Å². The summed E-state index contributed by atoms with van der Waals surface area (Å²) in [5.74, 6) is 0.0146. The van der Waals surface area contributed by atoms with Gasteiger partial charge in [-0.15, -0.1) is 0 Å². The Labute approximate surface area is 153 Å². The minimum absolute atomic E-state index is 0.0306. The molecule has 5 heteroatoms. The number of carbonyl (C=O) groups is 2. The van der Waals surface area contributed by atoms with E-state index in [1.165, 1.54) is 0 Å². The molecule has 3 fully saturated rings. The van der Waals surface area contributed by atoms with Gasteiger partial charge in [0.25, 0.3) is 0 Å². The quantitative estimate of drug-likeness (QED) is 0.790. The number of hydrogen-bond donors (Lipinski definition) is 2. The summed E-state index contributed by atoms with van der Waals surface area (Å²) in [6.45, 7) is 3.42. The number of fused-ring (bicyclic) bond motifs is 5. The fraction of sp³-hybridized carbons (Fsp3) is 0.810. The number of ketones is 2. The first-order valence-corrected chi connectivity index (χ1v) is 9.93. The zero-order valence-corrected chi connectivity index (χ0v) is 15.6. The number of carbonyl (C=O) groups excluding carboxylic acids is 2. The van der Waals surface area contributed by atoms with Crippen LogP contribution in [-0.2, 0) is 9.59 Å². The van der Waals surface area contributed by atoms with Gasteiger partial charge in [-0.3, -0.25) is 9.59 Å². The molecule has 0 aromatic rings. The Bertz CT molecular complexity index is 687. The van der Waals surface area contributed by atoms with Gasteiger partial charge in [-0.05, 0) is 73.3 Å². The fourth-order valence-electron chi connectivity index (χ4n) is 7.16. The Morgan fingerprint density at radius 2 is 1.92 bits per heavy atom. The van der Waals surface area contributed by atoms with E-state index in [-0.39, 0.29) is 23.0 Å². The summed E-state index contributed by atoms with van der Waals surface area (Å²) in [5, 5.41) is 20.5. The average Bonchev–Trinajstić information content (AvgIpc) is 2.88. The highest BCUT2D eigenvalue weighted by atomic mass is 19.1. The highest BCUT2D eigenvalue weighted by Crippen LogP contribution is 2.67. The van der Waals surface area contributed by atoms with Crippen LogP contribution in [-0.4, -0.2) is 40.2 Å². The molecular formula is C21H29FO4. The Balaban J connectivity index is 1.72. The lowest BCUT2D eigenvalue weighted by Crippen LogP contribution is -2.59. The van der Waals surface area contributed by atoms with Gasteiger partial charge in [0.2, 0.25) is 0 Å². The van der Waals surface area contributed by atoms with Crippen LogP contribution in [0.3, 0.4) is 0 Å². The van der Waals surface area contributed by atoms with Crippen molar-refractivity contribution in [3.8, 4) is 0 Å². The average molecular weight is 364 g/mol. The van der Waals surface area contributed by atoms with E-state index >= 15 is 4.39 Å². The molecule has 0 saturated heterocycles. The van der Waals surface area contributed by atoms with E-state index in [4.69, 9.17) is 0 Å². The van der Waals surface area contributed by atoms with E-state index in [0.717, 1.165) is 6.42 Å². The second-order valence-corrected chi connectivity index (χ2v) is 9.50. The van der Waals surface area contributed by atoms with Crippen LogP contribution in [0.15, 0.2) is 11.6 Å². The molecule has 0 radical (unpaired) electrons. The molecule has 2 N–H and O–H groups in total. The molecule has 26 heavy (non-hydrogen) atoms. The van der Waals surface area contributed by atoms with Crippen LogP contribution in [0.25, 0.3) is 0 Å². The highest BCUT2D eigenvalue weighted by Gasteiger charge is 2.66. The number of rotatable bonds is 2. The monoisotopic (exact) mass is 364 g/mol. The third-order valence-electron chi connectivity index (χ3n) is 8.70. The van der Waals surface area contributed by atoms with Crippen molar-refractivity contribution in [1.29, 1.82) is 0 Å². The van der Waals surface area contributed by atoms with E-state index in [9.17, 15) is 19.8 Å². The van der Waals surface area contributed by atoms with Crippen molar-refractivity contribution in [3.63, 3.8) is 0 Å². The molecule has 4 rings (SSSR count). The van der Waals surface area contributed by atoms with Gasteiger partial charge in [0.1, 0.15) is 18.4 Å². The summed E-state index contributed by atoms with van der Waals surface area (Å²) in [7, 11) is 0. The minimum atomic E-state index is -1.50. The molecule has 4 aliphatic carbocycles. The van der Waals surface area contributed by atoms with Gasteiger partial charge in [0.05, 0.1) is 0 Å². The normalized spacial score (nSPS) is 50.5. The van der Waals surface area contributed by atoms with Crippen molar-refractivity contribution < 1.29 is 24.2 Å². The molecule has 0 aliphatic heterocycles. The van der Waals surface area contributed by atoms with Gasteiger partial charge in [0, 0.05) is 11.8 Å². The zero-order valence-electron chi connectivity index (χ0n) is 15.6. The summed E-state index contributed by atoms with van der Waals surface area (Å²) in [6.07, 6.45) is 4.57. The molecule has 0 heterocycles. The van der Waals surface area contributed by atoms with E-state index in [1.54, 1.807) is 6.08 Å². The highest BCUT2D eigenvalue weighted by molar-refractivity contribution is 5.92. The third-order valence-corrected chi connectivity index (χ3v) is 8.70. The van der Waals surface area contributed by atoms with Gasteiger partial charge in [-0.2, -0.15) is 0 Å². The first-order valence-electron chi connectivity index (χ1n) is 9.93. The third kappa shape index (κ3) is 2.13. The number of Topliss-reactive ketones (excluding diaryl/α,β-unsaturated/α-hetero) is 1. The molecule has 0 bridgehead atoms. The zero-order chi connectivity index (χ0) is 18.9. The summed E-state index contributed by atoms with van der Waals surface area (Å²) < 4.78 is 15.1. The minimum Gasteiger partial charge on any atom is -0.388 e. The first-order chi connectivity index (χ1) is 12.2. The molecule has 0 unspecified atom stereocenters. The number of aliphatic hydroxyl groups excluding tert-OH is 1. The van der Waals surface area contributed by atoms with Gasteiger partial charge >= 0.3 is 0 Å². The molecule has 0 amide bonds. The first kappa shape index (κ1) is 18.3. The van der Waals surface area contributed by atoms with Crippen LogP contribution < -0.4 is 0 Å². The lowest BCUT2D eigenvalue weighted by molar-refractivity contribution is -0.166. The number of halogens is 1. The van der Waals surface area contributed by atoms with E-state index < -0.39 is 29.6 Å². The molecule has 7 atom stereocenters. The van der Waals surface area contributed by atoms with Crippen molar-refractivity contribution in [2.45, 2.75) is 70.6 Å². The van der Waals surface area contributed by atoms with E-state index in [2.05, 4.69) is 6.92 Å². The molecule has 0 aromatic carbocycles. The van der Waals surface area contributed by atoms with Crippen LogP contribution >= 0.6 is 0 Å². The van der Waals surface area contributed by atoms with E-state index in [0.29, 0.717) is 50.0 Å². The molecule has 0 aromatic heterocycles. The second kappa shape index (κ2) is 5.71. The van der Waals surface area contributed by atoms with Gasteiger partial charge < -0.3 is 10.2 Å². The largest absolute Gasteiger partial charge is 0.388 e. The number of aliphatic hydroxyl groups is 2. The Kier molecular flexibility index (Phi) is 4.02. The van der Waals surface area contributed by atoms with Gasteiger partial charge in [-0.25, -0.2) is 4.39 Å². The van der Waals surface area contributed by atoms with Crippen molar-refractivity contribution in [1.82, 2.24) is 0 Å². The standard InChI is InChI=1S/C21H29FO4/c1-19-6-3-12(24)9-16(19)17(22)10-13-14(19)4-7-20(2)15(13)5-8-21(20,26)18(25)11-23/h9,13-15,17,23,26H,3-8,10-11H2,1-2H3/t13-,14+,15+,17+,19-,20+,21+/m1/s1. The Morgan fingerprint density at radius 1 is 1.23 bits per heavy atom.